The zero-order valence-electron chi connectivity index (χ0n) is 18.3. The van der Waals surface area contributed by atoms with Crippen molar-refractivity contribution in [3.63, 3.8) is 0 Å². The summed E-state index contributed by atoms with van der Waals surface area (Å²) >= 11 is 0. The summed E-state index contributed by atoms with van der Waals surface area (Å²) in [6.07, 6.45) is 2.89. The van der Waals surface area contributed by atoms with Crippen molar-refractivity contribution in [3.05, 3.63) is 47.7 Å². The minimum atomic E-state index is -4.76. The van der Waals surface area contributed by atoms with Crippen LogP contribution >= 0.6 is 0 Å². The van der Waals surface area contributed by atoms with Crippen LogP contribution in [0.2, 0.25) is 0 Å². The average molecular weight is 464 g/mol. The van der Waals surface area contributed by atoms with Crippen molar-refractivity contribution in [1.29, 1.82) is 0 Å². The van der Waals surface area contributed by atoms with Crippen molar-refractivity contribution in [3.8, 4) is 5.75 Å². The lowest BCUT2D eigenvalue weighted by Gasteiger charge is -2.23. The van der Waals surface area contributed by atoms with E-state index in [0.717, 1.165) is 57.3 Å². The van der Waals surface area contributed by atoms with Gasteiger partial charge in [-0.05, 0) is 61.3 Å². The highest BCUT2D eigenvalue weighted by Crippen LogP contribution is 2.37. The molecule has 0 bridgehead atoms. The Morgan fingerprint density at radius 2 is 1.88 bits per heavy atom. The Labute approximate surface area is 190 Å². The Hall–Kier alpha value is -2.81. The lowest BCUT2D eigenvalue weighted by Crippen LogP contribution is -2.33. The topological polar surface area (TPSA) is 72.5 Å². The molecule has 6 nitrogen and oxygen atoms in total. The summed E-state index contributed by atoms with van der Waals surface area (Å²) in [5.74, 6) is 0.702. The normalized spacial score (nSPS) is 17.7. The quantitative estimate of drug-likeness (QED) is 0.564. The fourth-order valence-corrected chi connectivity index (χ4v) is 4.51. The van der Waals surface area contributed by atoms with Gasteiger partial charge >= 0.3 is 6.36 Å². The minimum Gasteiger partial charge on any atom is -0.406 e. The molecule has 1 aromatic heterocycles. The van der Waals surface area contributed by atoms with Crippen LogP contribution in [-0.2, 0) is 4.74 Å². The number of benzene rings is 1. The van der Waals surface area contributed by atoms with E-state index in [1.165, 1.54) is 18.2 Å². The van der Waals surface area contributed by atoms with Gasteiger partial charge in [0, 0.05) is 37.7 Å². The summed E-state index contributed by atoms with van der Waals surface area (Å²) in [5.41, 5.74) is 1.91. The molecule has 1 aliphatic heterocycles. The zero-order chi connectivity index (χ0) is 23.3. The molecule has 2 N–H and O–H groups in total. The van der Waals surface area contributed by atoms with Crippen molar-refractivity contribution in [1.82, 2.24) is 10.3 Å². The van der Waals surface area contributed by atoms with Gasteiger partial charge in [0.15, 0.2) is 0 Å². The molecule has 33 heavy (non-hydrogen) atoms. The van der Waals surface area contributed by atoms with E-state index in [2.05, 4.69) is 20.4 Å². The number of hydrogen-bond acceptors (Lipinski definition) is 5. The zero-order valence-corrected chi connectivity index (χ0v) is 18.3. The highest BCUT2D eigenvalue weighted by Gasteiger charge is 2.31. The maximum atomic E-state index is 13.0. The molecule has 0 unspecified atom stereocenters. The number of nitrogens with one attached hydrogen (secondary N) is 2. The molecule has 2 heterocycles. The number of alkyl halides is 3. The SMILES string of the molecule is O=C(NCC1CCOCC1)c1cnc(Nc2cccc(OC(F)(F)F)c2)cc1C1CCCC1. The smallest absolute Gasteiger partial charge is 0.406 e. The van der Waals surface area contributed by atoms with Crippen LogP contribution in [0.5, 0.6) is 5.75 Å². The Balaban J connectivity index is 1.50. The van der Waals surface area contributed by atoms with Crippen LogP contribution in [-0.4, -0.2) is 37.0 Å². The largest absolute Gasteiger partial charge is 0.573 e. The van der Waals surface area contributed by atoms with Crippen LogP contribution < -0.4 is 15.4 Å². The maximum absolute atomic E-state index is 13.0. The number of carbonyl (C=O) groups is 1. The summed E-state index contributed by atoms with van der Waals surface area (Å²) in [7, 11) is 0. The number of aromatic nitrogens is 1. The molecule has 2 fully saturated rings. The summed E-state index contributed by atoms with van der Waals surface area (Å²) in [5, 5.41) is 6.09. The Morgan fingerprint density at radius 3 is 2.61 bits per heavy atom. The van der Waals surface area contributed by atoms with Crippen LogP contribution in [0.3, 0.4) is 0 Å². The first-order valence-corrected chi connectivity index (χ1v) is 11.4. The number of nitrogens with zero attached hydrogens (tertiary/aromatic N) is 1. The molecule has 178 valence electrons. The van der Waals surface area contributed by atoms with Crippen molar-refractivity contribution >= 4 is 17.4 Å². The van der Waals surface area contributed by atoms with Gasteiger partial charge < -0.3 is 20.1 Å². The number of amides is 1. The first-order valence-electron chi connectivity index (χ1n) is 11.4. The van der Waals surface area contributed by atoms with Crippen molar-refractivity contribution in [2.45, 2.75) is 50.8 Å². The van der Waals surface area contributed by atoms with Crippen LogP contribution in [0.1, 0.15) is 60.4 Å². The molecular formula is C24H28F3N3O3. The molecule has 1 aromatic carbocycles. The van der Waals surface area contributed by atoms with E-state index in [4.69, 9.17) is 4.74 Å². The Bertz CT molecular complexity index is 955. The Kier molecular flexibility index (Phi) is 7.37. The first kappa shape index (κ1) is 23.4. The van der Waals surface area contributed by atoms with E-state index in [9.17, 15) is 18.0 Å². The van der Waals surface area contributed by atoms with E-state index in [1.807, 2.05) is 6.07 Å². The number of hydrogen-bond donors (Lipinski definition) is 2. The number of rotatable bonds is 7. The Morgan fingerprint density at radius 1 is 1.12 bits per heavy atom. The number of ether oxygens (including phenoxy) is 2. The van der Waals surface area contributed by atoms with E-state index >= 15 is 0 Å². The third-order valence-corrected chi connectivity index (χ3v) is 6.21. The highest BCUT2D eigenvalue weighted by molar-refractivity contribution is 5.96. The fourth-order valence-electron chi connectivity index (χ4n) is 4.51. The van der Waals surface area contributed by atoms with Gasteiger partial charge in [-0.15, -0.1) is 13.2 Å². The molecule has 1 amide bonds. The number of pyridine rings is 1. The predicted octanol–water partition coefficient (Wildman–Crippen LogP) is 5.54. The molecule has 2 aromatic rings. The third kappa shape index (κ3) is 6.60. The second kappa shape index (κ2) is 10.4. The predicted molar refractivity (Wildman–Crippen MR) is 118 cm³/mol. The van der Waals surface area contributed by atoms with Crippen LogP contribution in [0.4, 0.5) is 24.7 Å². The minimum absolute atomic E-state index is 0.136. The van der Waals surface area contributed by atoms with Crippen molar-refractivity contribution in [2.24, 2.45) is 5.92 Å². The van der Waals surface area contributed by atoms with Gasteiger partial charge in [-0.1, -0.05) is 18.9 Å². The van der Waals surface area contributed by atoms with Crippen molar-refractivity contribution < 1.29 is 27.4 Å². The van der Waals surface area contributed by atoms with E-state index in [1.54, 1.807) is 12.3 Å². The van der Waals surface area contributed by atoms with Gasteiger partial charge in [0.25, 0.3) is 5.91 Å². The molecule has 0 radical (unpaired) electrons. The van der Waals surface area contributed by atoms with E-state index in [0.29, 0.717) is 29.5 Å². The summed E-state index contributed by atoms with van der Waals surface area (Å²) < 4.78 is 47.0. The first-order chi connectivity index (χ1) is 15.9. The second-order valence-corrected chi connectivity index (χ2v) is 8.60. The summed E-state index contributed by atoms with van der Waals surface area (Å²) in [6.45, 7) is 2.06. The number of carbonyl (C=O) groups excluding carboxylic acids is 1. The highest BCUT2D eigenvalue weighted by atomic mass is 19.4. The van der Waals surface area contributed by atoms with Crippen LogP contribution in [0.25, 0.3) is 0 Å². The fraction of sp³-hybridized carbons (Fsp3) is 0.500. The van der Waals surface area contributed by atoms with Gasteiger partial charge in [-0.25, -0.2) is 4.98 Å². The molecule has 2 aliphatic rings. The molecular weight excluding hydrogens is 435 g/mol. The van der Waals surface area contributed by atoms with Gasteiger partial charge in [0.2, 0.25) is 0 Å². The van der Waals surface area contributed by atoms with Gasteiger partial charge in [0.1, 0.15) is 11.6 Å². The average Bonchev–Trinajstić information content (AvgIpc) is 3.32. The molecule has 0 atom stereocenters. The van der Waals surface area contributed by atoms with Crippen molar-refractivity contribution in [2.75, 3.05) is 25.1 Å². The second-order valence-electron chi connectivity index (χ2n) is 8.60. The van der Waals surface area contributed by atoms with E-state index < -0.39 is 6.36 Å². The molecule has 1 aliphatic carbocycles. The van der Waals surface area contributed by atoms with Gasteiger partial charge in [-0.2, -0.15) is 0 Å². The molecule has 0 spiro atoms. The number of anilines is 2. The standard InChI is InChI=1S/C24H28F3N3O3/c25-24(26,27)33-19-7-3-6-18(12-19)30-22-13-20(17-4-1-2-5-17)21(15-28-22)23(31)29-14-16-8-10-32-11-9-16/h3,6-7,12-13,15-17H,1-2,4-5,8-11,14H2,(H,28,30)(H,29,31). The lowest BCUT2D eigenvalue weighted by atomic mass is 9.93. The molecule has 9 heteroatoms. The monoisotopic (exact) mass is 463 g/mol. The summed E-state index contributed by atoms with van der Waals surface area (Å²) in [6, 6.07) is 7.45. The molecule has 1 saturated carbocycles. The van der Waals surface area contributed by atoms with Gasteiger partial charge in [-0.3, -0.25) is 4.79 Å². The summed E-state index contributed by atoms with van der Waals surface area (Å²) in [4.78, 5) is 17.4. The number of halogens is 3. The van der Waals surface area contributed by atoms with E-state index in [-0.39, 0.29) is 17.6 Å². The lowest BCUT2D eigenvalue weighted by molar-refractivity contribution is -0.274. The third-order valence-electron chi connectivity index (χ3n) is 6.21. The molecule has 4 rings (SSSR count). The van der Waals surface area contributed by atoms with Crippen LogP contribution in [0.15, 0.2) is 36.5 Å². The molecule has 1 saturated heterocycles. The van der Waals surface area contributed by atoms with Gasteiger partial charge in [0.05, 0.1) is 5.56 Å². The van der Waals surface area contributed by atoms with Crippen LogP contribution in [0, 0.1) is 5.92 Å². The maximum Gasteiger partial charge on any atom is 0.573 e.